The molecule has 0 saturated carbocycles. The second-order valence-electron chi connectivity index (χ2n) is 7.68. The Kier molecular flexibility index (Phi) is 5.52. The number of rotatable bonds is 4. The Morgan fingerprint density at radius 3 is 2.00 bits per heavy atom. The molecule has 1 aromatic heterocycles. The van der Waals surface area contributed by atoms with Crippen LogP contribution in [0.3, 0.4) is 0 Å². The Balaban J connectivity index is 1.66. The fourth-order valence-corrected chi connectivity index (χ4v) is 3.69. The van der Waals surface area contributed by atoms with Gasteiger partial charge in [0.1, 0.15) is 5.82 Å². The number of hydrazone groups is 1. The van der Waals surface area contributed by atoms with Gasteiger partial charge in [-0.3, -0.25) is 4.79 Å². The van der Waals surface area contributed by atoms with Crippen LogP contribution >= 0.6 is 0 Å². The van der Waals surface area contributed by atoms with Gasteiger partial charge in [0.25, 0.3) is 5.91 Å². The zero-order chi connectivity index (χ0) is 24.6. The second kappa shape index (κ2) is 8.68. The number of amides is 1. The van der Waals surface area contributed by atoms with Crippen molar-refractivity contribution in [2.75, 3.05) is 5.01 Å². The summed E-state index contributed by atoms with van der Waals surface area (Å²) in [5, 5.41) is 8.84. The molecule has 0 fully saturated rings. The molecule has 3 aromatic carbocycles. The summed E-state index contributed by atoms with van der Waals surface area (Å²) < 4.78 is 56.7. The first kappa shape index (κ1) is 22.3. The van der Waals surface area contributed by atoms with Crippen LogP contribution in [-0.2, 0) is 4.79 Å². The summed E-state index contributed by atoms with van der Waals surface area (Å²) in [7, 11) is 0. The molecule has 5 nitrogen and oxygen atoms in total. The number of hydrogen-bond acceptors (Lipinski definition) is 3. The third-order valence-electron chi connectivity index (χ3n) is 5.33. The Bertz CT molecular complexity index is 1440. The average Bonchev–Trinajstić information content (AvgIpc) is 3.42. The van der Waals surface area contributed by atoms with Gasteiger partial charge in [0.2, 0.25) is 0 Å². The fraction of sp³-hybridized carbons (Fsp3) is 0.0385. The van der Waals surface area contributed by atoms with Crippen molar-refractivity contribution in [2.24, 2.45) is 5.10 Å². The number of benzene rings is 3. The summed E-state index contributed by atoms with van der Waals surface area (Å²) in [5.41, 5.74) is -0.0372. The van der Waals surface area contributed by atoms with Gasteiger partial charge in [-0.05, 0) is 54.6 Å². The van der Waals surface area contributed by atoms with E-state index in [0.29, 0.717) is 11.3 Å². The molecule has 0 bridgehead atoms. The molecule has 2 heterocycles. The maximum Gasteiger partial charge on any atom is 0.435 e. The van der Waals surface area contributed by atoms with E-state index in [4.69, 9.17) is 0 Å². The van der Waals surface area contributed by atoms with Gasteiger partial charge in [-0.15, -0.1) is 0 Å². The molecule has 0 spiro atoms. The largest absolute Gasteiger partial charge is 0.435 e. The van der Waals surface area contributed by atoms with Gasteiger partial charge >= 0.3 is 6.18 Å². The van der Waals surface area contributed by atoms with Crippen LogP contribution in [0.25, 0.3) is 23.0 Å². The van der Waals surface area contributed by atoms with Crippen molar-refractivity contribution in [2.45, 2.75) is 6.18 Å². The molecule has 0 N–H and O–H groups in total. The number of aromatic nitrogens is 2. The van der Waals surface area contributed by atoms with Crippen LogP contribution in [0.2, 0.25) is 0 Å². The van der Waals surface area contributed by atoms with Gasteiger partial charge in [0.05, 0.1) is 22.6 Å². The maximum atomic E-state index is 13.9. The van der Waals surface area contributed by atoms with Crippen LogP contribution in [0.1, 0.15) is 5.56 Å². The highest BCUT2D eigenvalue weighted by Crippen LogP contribution is 2.34. The van der Waals surface area contributed by atoms with Gasteiger partial charge in [-0.2, -0.15) is 28.4 Å². The highest BCUT2D eigenvalue weighted by atomic mass is 19.4. The first-order chi connectivity index (χ1) is 16.8. The Labute approximate surface area is 197 Å². The molecule has 174 valence electrons. The van der Waals surface area contributed by atoms with Crippen molar-refractivity contribution in [1.29, 1.82) is 0 Å². The van der Waals surface area contributed by atoms with Gasteiger partial charge < -0.3 is 0 Å². The van der Waals surface area contributed by atoms with Crippen molar-refractivity contribution in [3.63, 3.8) is 0 Å². The number of halogens is 4. The van der Waals surface area contributed by atoms with Crippen LogP contribution in [0, 0.1) is 5.82 Å². The Morgan fingerprint density at radius 2 is 1.40 bits per heavy atom. The Hall–Kier alpha value is -4.53. The number of carbonyl (C=O) groups is 1. The molecule has 1 aliphatic rings. The molecular weight excluding hydrogens is 460 g/mol. The monoisotopic (exact) mass is 476 g/mol. The molecule has 0 atom stereocenters. The van der Waals surface area contributed by atoms with Crippen LogP contribution in [0.4, 0.5) is 23.2 Å². The van der Waals surface area contributed by atoms with Crippen LogP contribution in [0.5, 0.6) is 0 Å². The maximum absolute atomic E-state index is 13.9. The average molecular weight is 476 g/mol. The fourth-order valence-electron chi connectivity index (χ4n) is 3.69. The van der Waals surface area contributed by atoms with E-state index in [1.165, 1.54) is 47.3 Å². The molecule has 4 aromatic rings. The predicted octanol–water partition coefficient (Wildman–Crippen LogP) is 6.03. The van der Waals surface area contributed by atoms with Crippen LogP contribution < -0.4 is 5.01 Å². The second-order valence-corrected chi connectivity index (χ2v) is 7.68. The minimum atomic E-state index is -4.86. The molecule has 35 heavy (non-hydrogen) atoms. The SMILES string of the molecule is O=C1/C(=C/c2cn(-c3ccccc3)nc2-c2ccc(F)cc2)C(C(F)(F)F)=NN1c1ccccc1. The number of para-hydroxylation sites is 2. The van der Waals surface area contributed by atoms with Gasteiger partial charge in [-0.25, -0.2) is 9.07 Å². The summed E-state index contributed by atoms with van der Waals surface area (Å²) in [6.07, 6.45) is -2.22. The first-order valence-corrected chi connectivity index (χ1v) is 10.5. The first-order valence-electron chi connectivity index (χ1n) is 10.5. The summed E-state index contributed by atoms with van der Waals surface area (Å²) in [5.74, 6) is -1.38. The zero-order valence-electron chi connectivity index (χ0n) is 17.9. The number of hydrogen-bond donors (Lipinski definition) is 0. The van der Waals surface area contributed by atoms with E-state index >= 15 is 0 Å². The lowest BCUT2D eigenvalue weighted by Crippen LogP contribution is -2.25. The van der Waals surface area contributed by atoms with Crippen molar-refractivity contribution in [1.82, 2.24) is 9.78 Å². The normalized spacial score (nSPS) is 15.1. The van der Waals surface area contributed by atoms with E-state index in [1.807, 2.05) is 6.07 Å². The number of alkyl halides is 3. The molecule has 1 aliphatic heterocycles. The lowest BCUT2D eigenvalue weighted by Gasteiger charge is -2.10. The van der Waals surface area contributed by atoms with Gasteiger partial charge in [0.15, 0.2) is 5.71 Å². The van der Waals surface area contributed by atoms with Crippen molar-refractivity contribution in [3.05, 3.63) is 108 Å². The Morgan fingerprint density at radius 1 is 0.800 bits per heavy atom. The van der Waals surface area contributed by atoms with Gasteiger partial charge in [0, 0.05) is 17.3 Å². The summed E-state index contributed by atoms with van der Waals surface area (Å²) >= 11 is 0. The topological polar surface area (TPSA) is 50.5 Å². The van der Waals surface area contributed by atoms with E-state index in [0.717, 1.165) is 11.1 Å². The van der Waals surface area contributed by atoms with Crippen molar-refractivity contribution < 1.29 is 22.4 Å². The highest BCUT2D eigenvalue weighted by Gasteiger charge is 2.47. The summed E-state index contributed by atoms with van der Waals surface area (Å²) in [4.78, 5) is 13.1. The lowest BCUT2D eigenvalue weighted by molar-refractivity contribution is -0.114. The zero-order valence-corrected chi connectivity index (χ0v) is 17.9. The van der Waals surface area contributed by atoms with Crippen LogP contribution in [-0.4, -0.2) is 27.6 Å². The third kappa shape index (κ3) is 4.35. The minimum Gasteiger partial charge on any atom is -0.267 e. The molecule has 0 unspecified atom stereocenters. The van der Waals surface area contributed by atoms with E-state index in [9.17, 15) is 22.4 Å². The molecule has 1 amide bonds. The number of nitrogens with zero attached hydrogens (tertiary/aromatic N) is 4. The van der Waals surface area contributed by atoms with E-state index in [1.54, 1.807) is 42.5 Å². The van der Waals surface area contributed by atoms with E-state index in [-0.39, 0.29) is 16.9 Å². The standard InChI is InChI=1S/C26H16F4N4O/c27-19-13-11-17(12-14-19)23-18(16-33(31-23)20-7-3-1-4-8-20)15-22-24(26(28,29)30)32-34(25(22)35)21-9-5-2-6-10-21/h1-16H/b22-15+. The predicted molar refractivity (Wildman–Crippen MR) is 124 cm³/mol. The lowest BCUT2D eigenvalue weighted by atomic mass is 10.0. The summed E-state index contributed by atoms with van der Waals surface area (Å²) in [6.45, 7) is 0. The smallest absolute Gasteiger partial charge is 0.267 e. The van der Waals surface area contributed by atoms with Gasteiger partial charge in [-0.1, -0.05) is 36.4 Å². The number of carbonyl (C=O) groups excluding carboxylic acids is 1. The molecular formula is C26H16F4N4O. The highest BCUT2D eigenvalue weighted by molar-refractivity contribution is 6.34. The molecule has 5 rings (SSSR count). The van der Waals surface area contributed by atoms with Crippen molar-refractivity contribution in [3.8, 4) is 16.9 Å². The third-order valence-corrected chi connectivity index (χ3v) is 5.33. The molecule has 9 heteroatoms. The molecule has 0 aliphatic carbocycles. The minimum absolute atomic E-state index is 0.210. The van der Waals surface area contributed by atoms with Crippen LogP contribution in [0.15, 0.2) is 102 Å². The van der Waals surface area contributed by atoms with Crippen molar-refractivity contribution >= 4 is 23.4 Å². The molecule has 0 saturated heterocycles. The van der Waals surface area contributed by atoms with E-state index < -0.39 is 29.2 Å². The quantitative estimate of drug-likeness (QED) is 0.267. The summed E-state index contributed by atoms with van der Waals surface area (Å²) in [6, 6.07) is 22.2. The van der Waals surface area contributed by atoms with E-state index in [2.05, 4.69) is 10.2 Å². The molecule has 0 radical (unpaired) electrons. The number of anilines is 1.